The van der Waals surface area contributed by atoms with Crippen molar-refractivity contribution in [1.82, 2.24) is 9.97 Å². The maximum atomic E-state index is 8.85. The van der Waals surface area contributed by atoms with E-state index in [-0.39, 0.29) is 5.88 Å². The third kappa shape index (κ3) is 1.76. The largest absolute Gasteiger partial charge is 0.493 e. The van der Waals surface area contributed by atoms with Gasteiger partial charge in [0.25, 0.3) is 0 Å². The normalized spacial score (nSPS) is 10.7. The van der Waals surface area contributed by atoms with Crippen molar-refractivity contribution in [2.45, 2.75) is 20.3 Å². The van der Waals surface area contributed by atoms with Gasteiger partial charge in [0.2, 0.25) is 5.88 Å². The Morgan fingerprint density at radius 2 is 2.40 bits per heavy atom. The van der Waals surface area contributed by atoms with Crippen LogP contribution in [0.2, 0.25) is 0 Å². The van der Waals surface area contributed by atoms with Crippen LogP contribution in [0.4, 0.5) is 0 Å². The van der Waals surface area contributed by atoms with Gasteiger partial charge < -0.3 is 10.1 Å². The first-order valence-corrected chi connectivity index (χ1v) is 3.41. The topological polar surface area (TPSA) is 48.9 Å². The molecule has 2 N–H and O–H groups in total. The standard InChI is InChI=1S/C7H12N2O/c1-5(2)3-6-8-4-7(10)9-6/h4-5,10H,3H2,1-2H3,(H,8,9). The second-order valence-corrected chi connectivity index (χ2v) is 2.81. The highest BCUT2D eigenvalue weighted by Gasteiger charge is 2.00. The lowest BCUT2D eigenvalue weighted by atomic mass is 10.1. The number of hydrogen-bond acceptors (Lipinski definition) is 2. The molecule has 0 bridgehead atoms. The Bertz CT molecular complexity index is 205. The van der Waals surface area contributed by atoms with Gasteiger partial charge in [-0.25, -0.2) is 4.98 Å². The molecule has 0 aliphatic rings. The molecule has 56 valence electrons. The van der Waals surface area contributed by atoms with Crippen molar-refractivity contribution in [2.75, 3.05) is 0 Å². The highest BCUT2D eigenvalue weighted by molar-refractivity contribution is 5.04. The van der Waals surface area contributed by atoms with E-state index in [0.29, 0.717) is 5.92 Å². The van der Waals surface area contributed by atoms with Gasteiger partial charge in [0, 0.05) is 6.42 Å². The Morgan fingerprint density at radius 1 is 1.70 bits per heavy atom. The number of aromatic nitrogens is 2. The van der Waals surface area contributed by atoms with Gasteiger partial charge in [-0.2, -0.15) is 0 Å². The van der Waals surface area contributed by atoms with Gasteiger partial charge in [-0.05, 0) is 5.92 Å². The van der Waals surface area contributed by atoms with Gasteiger partial charge >= 0.3 is 0 Å². The second kappa shape index (κ2) is 2.73. The molecule has 0 aliphatic carbocycles. The van der Waals surface area contributed by atoms with E-state index in [0.717, 1.165) is 12.2 Å². The fraction of sp³-hybridized carbons (Fsp3) is 0.571. The monoisotopic (exact) mass is 140 g/mol. The van der Waals surface area contributed by atoms with Crippen LogP contribution in [0.1, 0.15) is 19.7 Å². The van der Waals surface area contributed by atoms with Crippen LogP contribution in [0.3, 0.4) is 0 Å². The van der Waals surface area contributed by atoms with E-state index in [9.17, 15) is 0 Å². The van der Waals surface area contributed by atoms with Crippen molar-refractivity contribution in [2.24, 2.45) is 5.92 Å². The Balaban J connectivity index is 2.58. The summed E-state index contributed by atoms with van der Waals surface area (Å²) >= 11 is 0. The molecule has 3 heteroatoms. The number of nitrogens with one attached hydrogen (secondary N) is 1. The minimum Gasteiger partial charge on any atom is -0.493 e. The Morgan fingerprint density at radius 3 is 2.80 bits per heavy atom. The minimum atomic E-state index is 0.149. The zero-order valence-electron chi connectivity index (χ0n) is 6.26. The number of H-pyrrole nitrogens is 1. The first-order chi connectivity index (χ1) is 4.68. The molecule has 3 nitrogen and oxygen atoms in total. The summed E-state index contributed by atoms with van der Waals surface area (Å²) in [7, 11) is 0. The fourth-order valence-corrected chi connectivity index (χ4v) is 0.842. The van der Waals surface area contributed by atoms with E-state index >= 15 is 0 Å². The molecule has 0 radical (unpaired) electrons. The average Bonchev–Trinajstić information content (AvgIpc) is 2.13. The zero-order valence-corrected chi connectivity index (χ0v) is 6.26. The molecule has 0 saturated carbocycles. The molecule has 1 heterocycles. The predicted molar refractivity (Wildman–Crippen MR) is 38.8 cm³/mol. The van der Waals surface area contributed by atoms with Gasteiger partial charge in [-0.1, -0.05) is 13.8 Å². The lowest BCUT2D eigenvalue weighted by Crippen LogP contribution is -1.95. The van der Waals surface area contributed by atoms with E-state index in [1.807, 2.05) is 0 Å². The number of aromatic hydroxyl groups is 1. The van der Waals surface area contributed by atoms with Gasteiger partial charge in [0.15, 0.2) is 0 Å². The molecule has 0 spiro atoms. The van der Waals surface area contributed by atoms with Crippen LogP contribution in [0.5, 0.6) is 5.88 Å². The lowest BCUT2D eigenvalue weighted by molar-refractivity contribution is 0.454. The molecule has 10 heavy (non-hydrogen) atoms. The van der Waals surface area contributed by atoms with E-state index in [1.54, 1.807) is 0 Å². The molecule has 0 unspecified atom stereocenters. The van der Waals surface area contributed by atoms with Crippen LogP contribution in [0.25, 0.3) is 0 Å². The molecular weight excluding hydrogens is 128 g/mol. The van der Waals surface area contributed by atoms with Crippen LogP contribution >= 0.6 is 0 Å². The average molecular weight is 140 g/mol. The van der Waals surface area contributed by atoms with E-state index in [1.165, 1.54) is 6.20 Å². The quantitative estimate of drug-likeness (QED) is 0.650. The van der Waals surface area contributed by atoms with E-state index in [4.69, 9.17) is 5.11 Å². The summed E-state index contributed by atoms with van der Waals surface area (Å²) in [5.74, 6) is 1.58. The summed E-state index contributed by atoms with van der Waals surface area (Å²) in [5.41, 5.74) is 0. The van der Waals surface area contributed by atoms with Crippen molar-refractivity contribution in [3.05, 3.63) is 12.0 Å². The number of hydrogen-bond donors (Lipinski definition) is 2. The van der Waals surface area contributed by atoms with Crippen LogP contribution in [-0.2, 0) is 6.42 Å². The van der Waals surface area contributed by atoms with E-state index in [2.05, 4.69) is 23.8 Å². The number of rotatable bonds is 2. The van der Waals surface area contributed by atoms with E-state index < -0.39 is 0 Å². The van der Waals surface area contributed by atoms with Gasteiger partial charge in [0.05, 0.1) is 6.20 Å². The maximum Gasteiger partial charge on any atom is 0.208 e. The Hall–Kier alpha value is -0.990. The van der Waals surface area contributed by atoms with Crippen molar-refractivity contribution in [3.63, 3.8) is 0 Å². The predicted octanol–water partition coefficient (Wildman–Crippen LogP) is 1.31. The first-order valence-electron chi connectivity index (χ1n) is 3.41. The molecule has 1 aromatic rings. The summed E-state index contributed by atoms with van der Waals surface area (Å²) in [6, 6.07) is 0. The Kier molecular flexibility index (Phi) is 1.94. The molecule has 0 amide bonds. The van der Waals surface area contributed by atoms with Gasteiger partial charge in [-0.15, -0.1) is 0 Å². The van der Waals surface area contributed by atoms with Crippen LogP contribution in [0, 0.1) is 5.92 Å². The first kappa shape index (κ1) is 7.12. The molecule has 0 saturated heterocycles. The number of aromatic amines is 1. The highest BCUT2D eigenvalue weighted by Crippen LogP contribution is 2.07. The molecule has 0 atom stereocenters. The third-order valence-electron chi connectivity index (χ3n) is 1.22. The maximum absolute atomic E-state index is 8.85. The van der Waals surface area contributed by atoms with Crippen molar-refractivity contribution in [3.8, 4) is 5.88 Å². The number of imidazole rings is 1. The SMILES string of the molecule is CC(C)Cc1ncc(O)[nH]1. The summed E-state index contributed by atoms with van der Waals surface area (Å²) < 4.78 is 0. The molecule has 0 aliphatic heterocycles. The summed E-state index contributed by atoms with van der Waals surface area (Å²) in [4.78, 5) is 6.70. The molecular formula is C7H12N2O. The summed E-state index contributed by atoms with van der Waals surface area (Å²) in [6.45, 7) is 4.22. The van der Waals surface area contributed by atoms with Crippen molar-refractivity contribution >= 4 is 0 Å². The fourth-order valence-electron chi connectivity index (χ4n) is 0.842. The van der Waals surface area contributed by atoms with Gasteiger partial charge in [0.1, 0.15) is 5.82 Å². The van der Waals surface area contributed by atoms with Crippen molar-refractivity contribution in [1.29, 1.82) is 0 Å². The highest BCUT2D eigenvalue weighted by atomic mass is 16.3. The zero-order chi connectivity index (χ0) is 7.56. The lowest BCUT2D eigenvalue weighted by Gasteiger charge is -1.98. The van der Waals surface area contributed by atoms with Crippen LogP contribution < -0.4 is 0 Å². The Labute approximate surface area is 60.1 Å². The van der Waals surface area contributed by atoms with Crippen molar-refractivity contribution < 1.29 is 5.11 Å². The third-order valence-corrected chi connectivity index (χ3v) is 1.22. The minimum absolute atomic E-state index is 0.149. The van der Waals surface area contributed by atoms with Gasteiger partial charge in [-0.3, -0.25) is 0 Å². The summed E-state index contributed by atoms with van der Waals surface area (Å²) in [5, 5.41) is 8.85. The van der Waals surface area contributed by atoms with Crippen LogP contribution in [0.15, 0.2) is 6.20 Å². The number of nitrogens with zero attached hydrogens (tertiary/aromatic N) is 1. The molecule has 1 aromatic heterocycles. The molecule has 1 rings (SSSR count). The van der Waals surface area contributed by atoms with Crippen LogP contribution in [-0.4, -0.2) is 15.1 Å². The summed E-state index contributed by atoms with van der Waals surface area (Å²) in [6.07, 6.45) is 2.32. The smallest absolute Gasteiger partial charge is 0.208 e. The molecule has 0 fully saturated rings. The molecule has 0 aromatic carbocycles. The second-order valence-electron chi connectivity index (χ2n) is 2.81.